The van der Waals surface area contributed by atoms with Crippen molar-refractivity contribution >= 4 is 54.3 Å². The molecule has 55 heavy (non-hydrogen) atoms. The number of furan rings is 1. The molecule has 10 aromatic carbocycles. The first-order valence-electron chi connectivity index (χ1n) is 19.0. The predicted octanol–water partition coefficient (Wildman–Crippen LogP) is 15.4. The summed E-state index contributed by atoms with van der Waals surface area (Å²) in [6.07, 6.45) is 0. The van der Waals surface area contributed by atoms with Gasteiger partial charge in [-0.25, -0.2) is 0 Å². The first-order chi connectivity index (χ1) is 27.3. The first kappa shape index (κ1) is 30.3. The van der Waals surface area contributed by atoms with Gasteiger partial charge in [0, 0.05) is 10.8 Å². The lowest BCUT2D eigenvalue weighted by molar-refractivity contribution is 0.669. The Kier molecular flexibility index (Phi) is 6.40. The lowest BCUT2D eigenvalue weighted by atomic mass is 9.85. The van der Waals surface area contributed by atoms with E-state index in [1.165, 1.54) is 93.5 Å². The fourth-order valence-electron chi connectivity index (χ4n) is 9.46. The molecule has 0 radical (unpaired) electrons. The van der Waals surface area contributed by atoms with E-state index in [1.807, 2.05) is 12.1 Å². The zero-order valence-corrected chi connectivity index (χ0v) is 29.9. The van der Waals surface area contributed by atoms with Crippen molar-refractivity contribution < 1.29 is 4.42 Å². The van der Waals surface area contributed by atoms with Gasteiger partial charge in [0.2, 0.25) is 0 Å². The predicted molar refractivity (Wildman–Crippen MR) is 232 cm³/mol. The van der Waals surface area contributed by atoms with E-state index in [9.17, 15) is 0 Å². The summed E-state index contributed by atoms with van der Waals surface area (Å²) in [6, 6.07) is 71.0. The Labute approximate surface area is 318 Å². The quantitative estimate of drug-likeness (QED) is 0.167. The van der Waals surface area contributed by atoms with Crippen LogP contribution in [0.5, 0.6) is 0 Å². The van der Waals surface area contributed by atoms with Gasteiger partial charge in [-0.1, -0.05) is 176 Å². The van der Waals surface area contributed by atoms with Crippen LogP contribution < -0.4 is 0 Å². The second-order valence-corrected chi connectivity index (χ2v) is 14.7. The number of rotatable bonds is 4. The zero-order valence-electron chi connectivity index (χ0n) is 29.9. The summed E-state index contributed by atoms with van der Waals surface area (Å²) in [6.45, 7) is 0. The monoisotopic (exact) mass is 696 g/mol. The normalized spacial score (nSPS) is 12.0. The highest BCUT2D eigenvalue weighted by atomic mass is 16.3. The lowest BCUT2D eigenvalue weighted by Gasteiger charge is -2.18. The van der Waals surface area contributed by atoms with Crippen molar-refractivity contribution in [1.82, 2.24) is 0 Å². The van der Waals surface area contributed by atoms with Gasteiger partial charge in [-0.2, -0.15) is 0 Å². The average molecular weight is 697 g/mol. The molecule has 0 bridgehead atoms. The smallest absolute Gasteiger partial charge is 0.136 e. The van der Waals surface area contributed by atoms with Crippen molar-refractivity contribution in [1.29, 1.82) is 0 Å². The van der Waals surface area contributed by atoms with Gasteiger partial charge >= 0.3 is 0 Å². The van der Waals surface area contributed by atoms with E-state index in [4.69, 9.17) is 4.42 Å². The Morgan fingerprint density at radius 3 is 1.35 bits per heavy atom. The van der Waals surface area contributed by atoms with Gasteiger partial charge in [-0.3, -0.25) is 0 Å². The topological polar surface area (TPSA) is 13.1 Å². The molecule has 0 N–H and O–H groups in total. The Morgan fingerprint density at radius 2 is 0.673 bits per heavy atom. The zero-order chi connectivity index (χ0) is 36.0. The van der Waals surface area contributed by atoms with Crippen LogP contribution in [-0.4, -0.2) is 0 Å². The molecule has 254 valence electrons. The van der Waals surface area contributed by atoms with Crippen molar-refractivity contribution in [2.24, 2.45) is 0 Å². The highest BCUT2D eigenvalue weighted by Crippen LogP contribution is 2.50. The summed E-state index contributed by atoms with van der Waals surface area (Å²) in [4.78, 5) is 0. The van der Waals surface area contributed by atoms with Crippen LogP contribution in [0.4, 0.5) is 0 Å². The van der Waals surface area contributed by atoms with Crippen molar-refractivity contribution in [3.8, 4) is 66.8 Å². The molecule has 0 saturated heterocycles. The van der Waals surface area contributed by atoms with Crippen molar-refractivity contribution in [3.63, 3.8) is 0 Å². The molecule has 0 fully saturated rings. The van der Waals surface area contributed by atoms with Crippen LogP contribution in [0.25, 0.3) is 121 Å². The van der Waals surface area contributed by atoms with Gasteiger partial charge in [0.1, 0.15) is 11.2 Å². The Hall–Kier alpha value is -7.22. The molecule has 0 atom stereocenters. The summed E-state index contributed by atoms with van der Waals surface area (Å²) in [5, 5.41) is 9.89. The van der Waals surface area contributed by atoms with E-state index in [1.54, 1.807) is 0 Å². The SMILES string of the molecule is c1ccc(-c2ccc3c4c(cccc24)-c2ccccc2-3)c(-c2ccc(-c3c4ccccc4c(-c4ccc5c(c4)oc4ccccc45)c4ccccc34)cc2)c1. The molecular formula is C54H32O. The fraction of sp³-hybridized carbons (Fsp3) is 0. The summed E-state index contributed by atoms with van der Waals surface area (Å²) in [5.41, 5.74) is 16.9. The van der Waals surface area contributed by atoms with Gasteiger partial charge in [0.05, 0.1) is 0 Å². The number of hydrogen-bond donors (Lipinski definition) is 0. The number of benzene rings is 10. The molecule has 0 saturated carbocycles. The van der Waals surface area contributed by atoms with Crippen LogP contribution in [0, 0.1) is 0 Å². The van der Waals surface area contributed by atoms with E-state index in [0.29, 0.717) is 0 Å². The summed E-state index contributed by atoms with van der Waals surface area (Å²) >= 11 is 0. The summed E-state index contributed by atoms with van der Waals surface area (Å²) in [7, 11) is 0. The molecular weight excluding hydrogens is 665 g/mol. The third-order valence-corrected chi connectivity index (χ3v) is 11.8. The maximum absolute atomic E-state index is 6.36. The number of para-hydroxylation sites is 1. The molecule has 0 spiro atoms. The third kappa shape index (κ3) is 4.41. The molecule has 1 heterocycles. The van der Waals surface area contributed by atoms with E-state index < -0.39 is 0 Å². The van der Waals surface area contributed by atoms with Crippen LogP contribution >= 0.6 is 0 Å². The highest BCUT2D eigenvalue weighted by molar-refractivity contribution is 6.22. The van der Waals surface area contributed by atoms with Gasteiger partial charge < -0.3 is 4.42 Å². The Balaban J connectivity index is 1.00. The molecule has 1 aliphatic carbocycles. The molecule has 1 heteroatoms. The maximum Gasteiger partial charge on any atom is 0.136 e. The first-order valence-corrected chi connectivity index (χ1v) is 19.0. The minimum atomic E-state index is 0.911. The third-order valence-electron chi connectivity index (χ3n) is 11.8. The molecule has 0 aliphatic heterocycles. The van der Waals surface area contributed by atoms with E-state index in [0.717, 1.165) is 27.5 Å². The minimum absolute atomic E-state index is 0.911. The molecule has 0 amide bonds. The van der Waals surface area contributed by atoms with Gasteiger partial charge in [0.15, 0.2) is 0 Å². The molecule has 12 rings (SSSR count). The van der Waals surface area contributed by atoms with Crippen LogP contribution in [0.2, 0.25) is 0 Å². The second-order valence-electron chi connectivity index (χ2n) is 14.7. The Morgan fingerprint density at radius 1 is 0.236 bits per heavy atom. The fourth-order valence-corrected chi connectivity index (χ4v) is 9.46. The van der Waals surface area contributed by atoms with Gasteiger partial charge in [-0.15, -0.1) is 0 Å². The summed E-state index contributed by atoms with van der Waals surface area (Å²) in [5.74, 6) is 0. The van der Waals surface area contributed by atoms with Crippen LogP contribution in [-0.2, 0) is 0 Å². The Bertz CT molecular complexity index is 3270. The molecule has 1 aliphatic rings. The van der Waals surface area contributed by atoms with Crippen molar-refractivity contribution in [2.45, 2.75) is 0 Å². The van der Waals surface area contributed by atoms with E-state index >= 15 is 0 Å². The molecule has 0 unspecified atom stereocenters. The van der Waals surface area contributed by atoms with Crippen molar-refractivity contribution in [2.75, 3.05) is 0 Å². The standard InChI is InChI=1S/C54H32O/c1-2-13-37(40-30-31-49-39-15-4-3-14-38(39)43-21-11-22-44(40)54(43)49)36(12-1)33-24-26-34(27-25-33)52-45-17-5-7-19-47(45)53(48-20-8-6-18-46(48)52)35-28-29-42-41-16-9-10-23-50(41)55-51(42)32-35/h1-32H. The molecule has 1 aromatic heterocycles. The van der Waals surface area contributed by atoms with Gasteiger partial charge in [-0.05, 0) is 117 Å². The number of hydrogen-bond acceptors (Lipinski definition) is 1. The number of fused-ring (bicyclic) bond motifs is 8. The van der Waals surface area contributed by atoms with E-state index in [-0.39, 0.29) is 0 Å². The lowest BCUT2D eigenvalue weighted by Crippen LogP contribution is -1.91. The van der Waals surface area contributed by atoms with Crippen LogP contribution in [0.15, 0.2) is 199 Å². The van der Waals surface area contributed by atoms with Crippen molar-refractivity contribution in [3.05, 3.63) is 194 Å². The minimum Gasteiger partial charge on any atom is -0.456 e. The maximum atomic E-state index is 6.36. The largest absolute Gasteiger partial charge is 0.456 e. The van der Waals surface area contributed by atoms with Gasteiger partial charge in [0.25, 0.3) is 0 Å². The molecule has 11 aromatic rings. The highest BCUT2D eigenvalue weighted by Gasteiger charge is 2.23. The van der Waals surface area contributed by atoms with Crippen LogP contribution in [0.3, 0.4) is 0 Å². The average Bonchev–Trinajstić information content (AvgIpc) is 3.79. The summed E-state index contributed by atoms with van der Waals surface area (Å²) < 4.78 is 6.36. The molecule has 1 nitrogen and oxygen atoms in total. The second kappa shape index (κ2) is 11.6. The van der Waals surface area contributed by atoms with Crippen LogP contribution in [0.1, 0.15) is 0 Å². The van der Waals surface area contributed by atoms with E-state index in [2.05, 4.69) is 182 Å².